The minimum atomic E-state index is -0.293. The molecule has 0 unspecified atom stereocenters. The Kier molecular flexibility index (Phi) is 5.26. The fourth-order valence-electron chi connectivity index (χ4n) is 4.05. The van der Waals surface area contributed by atoms with Gasteiger partial charge < -0.3 is 0 Å². The Balaban J connectivity index is 1.70. The lowest BCUT2D eigenvalue weighted by Gasteiger charge is -2.20. The highest BCUT2D eigenvalue weighted by Gasteiger charge is 2.26. The van der Waals surface area contributed by atoms with Gasteiger partial charge in [-0.05, 0) is 42.7 Å². The van der Waals surface area contributed by atoms with Gasteiger partial charge in [0.15, 0.2) is 10.8 Å². The fourth-order valence-corrected chi connectivity index (χ4v) is 5.19. The van der Waals surface area contributed by atoms with Crippen molar-refractivity contribution in [2.75, 3.05) is 4.90 Å². The number of aryl methyl sites for hydroxylation is 3. The number of aromatic nitrogens is 3. The molecule has 3 aromatic carbocycles. The van der Waals surface area contributed by atoms with E-state index in [-0.39, 0.29) is 17.2 Å². The van der Waals surface area contributed by atoms with Crippen LogP contribution in [0.25, 0.3) is 21.0 Å². The van der Waals surface area contributed by atoms with Gasteiger partial charge in [0.1, 0.15) is 0 Å². The highest BCUT2D eigenvalue weighted by Crippen LogP contribution is 2.33. The Morgan fingerprint density at radius 2 is 1.70 bits per heavy atom. The van der Waals surface area contributed by atoms with E-state index in [0.29, 0.717) is 22.4 Å². The third-order valence-electron chi connectivity index (χ3n) is 5.64. The van der Waals surface area contributed by atoms with Gasteiger partial charge in [-0.15, -0.1) is 0 Å². The van der Waals surface area contributed by atoms with Crippen LogP contribution in [-0.2, 0) is 13.6 Å². The summed E-state index contributed by atoms with van der Waals surface area (Å²) in [6, 6.07) is 21.1. The summed E-state index contributed by atoms with van der Waals surface area (Å²) < 4.78 is 2.26. The van der Waals surface area contributed by atoms with Gasteiger partial charge in [-0.1, -0.05) is 65.9 Å². The van der Waals surface area contributed by atoms with Gasteiger partial charge in [-0.25, -0.2) is 9.67 Å². The molecule has 1 amide bonds. The molecule has 5 aromatic rings. The maximum Gasteiger partial charge on any atom is 0.281 e. The van der Waals surface area contributed by atoms with Crippen molar-refractivity contribution < 1.29 is 4.79 Å². The lowest BCUT2D eigenvalue weighted by Crippen LogP contribution is -2.33. The van der Waals surface area contributed by atoms with Crippen LogP contribution in [0.3, 0.4) is 0 Å². The van der Waals surface area contributed by atoms with E-state index >= 15 is 0 Å². The van der Waals surface area contributed by atoms with E-state index in [1.807, 2.05) is 43.3 Å². The van der Waals surface area contributed by atoms with E-state index in [2.05, 4.69) is 24.2 Å². The molecule has 0 spiro atoms. The maximum absolute atomic E-state index is 14.0. The molecule has 164 valence electrons. The molecule has 0 atom stereocenters. The first-order valence-electron chi connectivity index (χ1n) is 10.6. The van der Waals surface area contributed by atoms with Crippen LogP contribution < -0.4 is 10.5 Å². The molecule has 0 bridgehead atoms. The zero-order chi connectivity index (χ0) is 23.1. The van der Waals surface area contributed by atoms with E-state index in [9.17, 15) is 9.59 Å². The average molecular weight is 455 g/mol. The van der Waals surface area contributed by atoms with Gasteiger partial charge >= 0.3 is 0 Å². The molecule has 33 heavy (non-hydrogen) atoms. The minimum Gasteiger partial charge on any atom is -0.278 e. The molecule has 0 saturated heterocycles. The number of rotatable bonds is 4. The molecule has 0 aliphatic heterocycles. The Morgan fingerprint density at radius 1 is 1.00 bits per heavy atom. The monoisotopic (exact) mass is 454 g/mol. The van der Waals surface area contributed by atoms with Crippen molar-refractivity contribution >= 4 is 43.4 Å². The Labute approximate surface area is 194 Å². The van der Waals surface area contributed by atoms with Crippen LogP contribution in [0.1, 0.15) is 27.2 Å². The van der Waals surface area contributed by atoms with Crippen molar-refractivity contribution in [3.05, 3.63) is 99.5 Å². The summed E-state index contributed by atoms with van der Waals surface area (Å²) in [6.07, 6.45) is 0. The Hall–Kier alpha value is -3.84. The molecule has 5 rings (SSSR count). The topological polar surface area (TPSA) is 68.1 Å². The first-order chi connectivity index (χ1) is 15.9. The van der Waals surface area contributed by atoms with Gasteiger partial charge in [0.25, 0.3) is 11.5 Å². The predicted octanol–water partition coefficient (Wildman–Crippen LogP) is 5.01. The normalized spacial score (nSPS) is 11.2. The van der Waals surface area contributed by atoms with E-state index in [1.165, 1.54) is 16.0 Å². The highest BCUT2D eigenvalue weighted by molar-refractivity contribution is 7.22. The summed E-state index contributed by atoms with van der Waals surface area (Å²) in [5.74, 6) is -0.293. The van der Waals surface area contributed by atoms with Crippen molar-refractivity contribution in [1.82, 2.24) is 14.8 Å². The number of anilines is 1. The smallest absolute Gasteiger partial charge is 0.278 e. The summed E-state index contributed by atoms with van der Waals surface area (Å²) in [7, 11) is 1.57. The fraction of sp³-hybridized carbons (Fsp3) is 0.154. The summed E-state index contributed by atoms with van der Waals surface area (Å²) in [5.41, 5.74) is 4.10. The molecule has 0 aliphatic carbocycles. The lowest BCUT2D eigenvalue weighted by atomic mass is 10.1. The number of hydrogen-bond acceptors (Lipinski definition) is 5. The van der Waals surface area contributed by atoms with Crippen LogP contribution in [0.5, 0.6) is 0 Å². The predicted molar refractivity (Wildman–Crippen MR) is 133 cm³/mol. The second-order valence-corrected chi connectivity index (χ2v) is 9.13. The van der Waals surface area contributed by atoms with Crippen molar-refractivity contribution in [1.29, 1.82) is 0 Å². The second kappa shape index (κ2) is 8.26. The molecule has 0 fully saturated rings. The minimum absolute atomic E-state index is 0.232. The van der Waals surface area contributed by atoms with Crippen molar-refractivity contribution in [2.24, 2.45) is 7.05 Å². The zero-order valence-electron chi connectivity index (χ0n) is 18.6. The number of hydrogen-bond donors (Lipinski definition) is 0. The van der Waals surface area contributed by atoms with Gasteiger partial charge in [-0.3, -0.25) is 14.5 Å². The standard InChI is InChI=1S/C26H22N4O2S/c1-16-13-17(2)22-21(14-16)33-26(27-22)30(15-18-9-5-4-6-10-18)25(32)23-19-11-7-8-12-20(19)24(31)29(3)28-23/h4-14H,15H2,1-3H3. The van der Waals surface area contributed by atoms with Gasteiger partial charge in [-0.2, -0.15) is 5.10 Å². The summed E-state index contributed by atoms with van der Waals surface area (Å²) in [4.78, 5) is 33.1. The molecule has 0 N–H and O–H groups in total. The van der Waals surface area contributed by atoms with E-state index < -0.39 is 0 Å². The van der Waals surface area contributed by atoms with Crippen LogP contribution in [0, 0.1) is 13.8 Å². The molecular formula is C26H22N4O2S. The third-order valence-corrected chi connectivity index (χ3v) is 6.66. The van der Waals surface area contributed by atoms with Crippen LogP contribution in [0.4, 0.5) is 5.13 Å². The Morgan fingerprint density at radius 3 is 2.45 bits per heavy atom. The average Bonchev–Trinajstić information content (AvgIpc) is 3.24. The number of nitrogens with zero attached hydrogens (tertiary/aromatic N) is 4. The zero-order valence-corrected chi connectivity index (χ0v) is 19.4. The summed E-state index contributed by atoms with van der Waals surface area (Å²) >= 11 is 1.49. The van der Waals surface area contributed by atoms with Crippen molar-refractivity contribution in [2.45, 2.75) is 20.4 Å². The molecule has 6 nitrogen and oxygen atoms in total. The molecule has 0 saturated carbocycles. The lowest BCUT2D eigenvalue weighted by molar-refractivity contribution is 0.0980. The van der Waals surface area contributed by atoms with Crippen molar-refractivity contribution in [3.63, 3.8) is 0 Å². The SMILES string of the molecule is Cc1cc(C)c2nc(N(Cc3ccccc3)C(=O)c3nn(C)c(=O)c4ccccc34)sc2c1. The number of thiazole rings is 1. The molecule has 2 heterocycles. The number of carbonyl (C=O) groups is 1. The number of fused-ring (bicyclic) bond motifs is 2. The number of amides is 1. The van der Waals surface area contributed by atoms with E-state index in [0.717, 1.165) is 26.9 Å². The number of benzene rings is 3. The summed E-state index contributed by atoms with van der Waals surface area (Å²) in [6.45, 7) is 4.43. The Bertz CT molecular complexity index is 1570. The highest BCUT2D eigenvalue weighted by atomic mass is 32.1. The van der Waals surface area contributed by atoms with Crippen LogP contribution in [0.15, 0.2) is 71.5 Å². The first kappa shape index (κ1) is 21.0. The third kappa shape index (κ3) is 3.81. The van der Waals surface area contributed by atoms with Crippen molar-refractivity contribution in [3.8, 4) is 0 Å². The molecular weight excluding hydrogens is 432 g/mol. The van der Waals surface area contributed by atoms with Gasteiger partial charge in [0.05, 0.1) is 22.1 Å². The van der Waals surface area contributed by atoms with Crippen LogP contribution in [-0.4, -0.2) is 20.7 Å². The maximum atomic E-state index is 14.0. The molecule has 2 aromatic heterocycles. The van der Waals surface area contributed by atoms with Gasteiger partial charge in [0.2, 0.25) is 0 Å². The van der Waals surface area contributed by atoms with Crippen LogP contribution in [0.2, 0.25) is 0 Å². The molecule has 0 radical (unpaired) electrons. The second-order valence-electron chi connectivity index (χ2n) is 8.12. The van der Waals surface area contributed by atoms with Crippen LogP contribution >= 0.6 is 11.3 Å². The number of carbonyl (C=O) groups excluding carboxylic acids is 1. The molecule has 7 heteroatoms. The quantitative estimate of drug-likeness (QED) is 0.383. The van der Waals surface area contributed by atoms with E-state index in [1.54, 1.807) is 30.1 Å². The van der Waals surface area contributed by atoms with Gasteiger partial charge in [0, 0.05) is 12.4 Å². The largest absolute Gasteiger partial charge is 0.281 e. The molecule has 0 aliphatic rings. The van der Waals surface area contributed by atoms with E-state index in [4.69, 9.17) is 4.98 Å². The summed E-state index contributed by atoms with van der Waals surface area (Å²) in [5, 5.41) is 5.97. The first-order valence-corrected chi connectivity index (χ1v) is 11.4.